The van der Waals surface area contributed by atoms with Gasteiger partial charge in [-0.1, -0.05) is 48.5 Å². The van der Waals surface area contributed by atoms with Crippen LogP contribution in [0.25, 0.3) is 0 Å². The number of ether oxygens (including phenoxy) is 1. The van der Waals surface area contributed by atoms with Crippen molar-refractivity contribution >= 4 is 27.3 Å². The van der Waals surface area contributed by atoms with Gasteiger partial charge in [0.1, 0.15) is 15.7 Å². The van der Waals surface area contributed by atoms with Crippen molar-refractivity contribution in [3.63, 3.8) is 0 Å². The maximum Gasteiger partial charge on any atom is 0.416 e. The van der Waals surface area contributed by atoms with Crippen LogP contribution in [0.5, 0.6) is 11.5 Å². The lowest BCUT2D eigenvalue weighted by atomic mass is 10.1. The van der Waals surface area contributed by atoms with Crippen molar-refractivity contribution in [3.8, 4) is 11.5 Å². The van der Waals surface area contributed by atoms with Gasteiger partial charge >= 0.3 is 12.1 Å². The van der Waals surface area contributed by atoms with E-state index in [4.69, 9.17) is 4.74 Å². The normalized spacial score (nSPS) is 12.0. The molecule has 3 aromatic carbocycles. The second-order valence-electron chi connectivity index (χ2n) is 9.16. The molecule has 0 spiro atoms. The number of carbonyl (C=O) groups is 1. The van der Waals surface area contributed by atoms with Crippen molar-refractivity contribution in [1.82, 2.24) is 9.62 Å². The molecular formula is C29H27F3N2O5S2. The molecule has 0 aliphatic rings. The van der Waals surface area contributed by atoms with E-state index in [2.05, 4.69) is 4.72 Å². The number of nitrogens with zero attached hydrogens (tertiary/aromatic N) is 1. The number of aliphatic carboxylic acids is 1. The first-order valence-corrected chi connectivity index (χ1v) is 14.8. The summed E-state index contributed by atoms with van der Waals surface area (Å²) in [5, 5.41) is 9.30. The average molecular weight is 605 g/mol. The molecule has 0 radical (unpaired) electrons. The van der Waals surface area contributed by atoms with Crippen molar-refractivity contribution < 1.29 is 36.2 Å². The number of rotatable bonds is 13. The van der Waals surface area contributed by atoms with Crippen molar-refractivity contribution in [3.05, 3.63) is 113 Å². The highest BCUT2D eigenvalue weighted by Crippen LogP contribution is 2.30. The van der Waals surface area contributed by atoms with Crippen LogP contribution < -0.4 is 9.46 Å². The van der Waals surface area contributed by atoms with E-state index < -0.39 is 34.3 Å². The maximum absolute atomic E-state index is 13.1. The summed E-state index contributed by atoms with van der Waals surface area (Å²) in [6, 6.07) is 24.4. The molecule has 0 aliphatic carbocycles. The molecule has 0 saturated carbocycles. The van der Waals surface area contributed by atoms with Gasteiger partial charge < -0.3 is 9.84 Å². The topological polar surface area (TPSA) is 95.9 Å². The minimum atomic E-state index is -4.52. The number of hydrogen-bond donors (Lipinski definition) is 2. The van der Waals surface area contributed by atoms with Crippen molar-refractivity contribution in [2.45, 2.75) is 29.9 Å². The predicted molar refractivity (Wildman–Crippen MR) is 149 cm³/mol. The van der Waals surface area contributed by atoms with E-state index in [1.54, 1.807) is 6.07 Å². The van der Waals surface area contributed by atoms with Crippen LogP contribution in [0.2, 0.25) is 0 Å². The minimum absolute atomic E-state index is 0.0520. The molecule has 0 unspecified atom stereocenters. The Hall–Kier alpha value is -3.71. The minimum Gasteiger partial charge on any atom is -0.480 e. The summed E-state index contributed by atoms with van der Waals surface area (Å²) in [4.78, 5) is 13.4. The van der Waals surface area contributed by atoms with Gasteiger partial charge in [-0.25, -0.2) is 13.1 Å². The summed E-state index contributed by atoms with van der Waals surface area (Å²) in [6.45, 7) is -0.261. The zero-order chi connectivity index (χ0) is 29.5. The van der Waals surface area contributed by atoms with Crippen LogP contribution in [0, 0.1) is 0 Å². The van der Waals surface area contributed by atoms with Crippen LogP contribution >= 0.6 is 11.3 Å². The first kappa shape index (κ1) is 30.3. The fourth-order valence-corrected chi connectivity index (χ4v) is 6.50. The highest BCUT2D eigenvalue weighted by atomic mass is 32.2. The summed E-state index contributed by atoms with van der Waals surface area (Å²) in [7, 11) is -3.81. The van der Waals surface area contributed by atoms with E-state index in [1.807, 2.05) is 54.6 Å². The van der Waals surface area contributed by atoms with E-state index in [1.165, 1.54) is 23.1 Å². The number of carboxylic acid groups (broad SMARTS) is 1. The summed E-state index contributed by atoms with van der Waals surface area (Å²) in [5.41, 5.74) is 0.392. The number of benzene rings is 3. The molecule has 12 heteroatoms. The Labute approximate surface area is 239 Å². The van der Waals surface area contributed by atoms with Gasteiger partial charge in [0.2, 0.25) is 10.0 Å². The third kappa shape index (κ3) is 9.15. The second kappa shape index (κ2) is 13.3. The molecule has 0 atom stereocenters. The number of para-hydroxylation sites is 1. The zero-order valence-electron chi connectivity index (χ0n) is 21.7. The van der Waals surface area contributed by atoms with Crippen LogP contribution in [0.15, 0.2) is 95.2 Å². The summed E-state index contributed by atoms with van der Waals surface area (Å²) >= 11 is 0.981. The highest BCUT2D eigenvalue weighted by Gasteiger charge is 2.30. The Balaban J connectivity index is 1.33. The van der Waals surface area contributed by atoms with Gasteiger partial charge in [-0.2, -0.15) is 13.2 Å². The molecule has 7 nitrogen and oxygen atoms in total. The first-order valence-electron chi connectivity index (χ1n) is 12.5. The monoisotopic (exact) mass is 604 g/mol. The van der Waals surface area contributed by atoms with Crippen LogP contribution in [-0.2, 0) is 40.5 Å². The van der Waals surface area contributed by atoms with Gasteiger partial charge in [0.25, 0.3) is 0 Å². The molecule has 216 valence electrons. The first-order chi connectivity index (χ1) is 19.5. The lowest BCUT2D eigenvalue weighted by molar-refractivity contribution is -0.139. The van der Waals surface area contributed by atoms with Crippen LogP contribution in [0.1, 0.15) is 21.6 Å². The Kier molecular flexibility index (Phi) is 9.81. The zero-order valence-corrected chi connectivity index (χ0v) is 23.3. The number of nitrogens with one attached hydrogen (secondary N) is 1. The molecular weight excluding hydrogens is 577 g/mol. The molecule has 1 heterocycles. The third-order valence-electron chi connectivity index (χ3n) is 5.91. The Morgan fingerprint density at radius 2 is 1.59 bits per heavy atom. The maximum atomic E-state index is 13.1. The predicted octanol–water partition coefficient (Wildman–Crippen LogP) is 6.17. The fourth-order valence-electron chi connectivity index (χ4n) is 4.02. The van der Waals surface area contributed by atoms with E-state index in [0.717, 1.165) is 29.0 Å². The van der Waals surface area contributed by atoms with Gasteiger partial charge in [-0.3, -0.25) is 9.69 Å². The van der Waals surface area contributed by atoms with E-state index in [9.17, 15) is 31.5 Å². The Morgan fingerprint density at radius 3 is 2.27 bits per heavy atom. The van der Waals surface area contributed by atoms with Gasteiger partial charge in [-0.05, 0) is 60.0 Å². The van der Waals surface area contributed by atoms with Crippen molar-refractivity contribution in [2.24, 2.45) is 0 Å². The molecule has 0 fully saturated rings. The number of halogens is 3. The smallest absolute Gasteiger partial charge is 0.416 e. The number of hydrogen-bond acceptors (Lipinski definition) is 6. The standard InChI is InChI=1S/C29H27F3N2O5S2/c30-29(31,32)23-6-4-5-22(17-23)18-34(20-27(35)36)19-26-13-14-28(40-26)41(37,38)33-16-15-21-9-11-25(12-10-21)39-24-7-2-1-3-8-24/h1-14,17,33H,15-16,18-20H2,(H,35,36). The number of alkyl halides is 3. The molecule has 4 rings (SSSR count). The van der Waals surface area contributed by atoms with E-state index in [0.29, 0.717) is 28.4 Å². The number of thiophene rings is 1. The molecule has 41 heavy (non-hydrogen) atoms. The van der Waals surface area contributed by atoms with Crippen molar-refractivity contribution in [1.29, 1.82) is 0 Å². The summed E-state index contributed by atoms with van der Waals surface area (Å²) < 4.78 is 73.3. The van der Waals surface area contributed by atoms with Gasteiger partial charge in [-0.15, -0.1) is 11.3 Å². The number of sulfonamides is 1. The van der Waals surface area contributed by atoms with Crippen molar-refractivity contribution in [2.75, 3.05) is 13.1 Å². The molecule has 0 saturated heterocycles. The SMILES string of the molecule is O=C(O)CN(Cc1cccc(C(F)(F)F)c1)Cc1ccc(S(=O)(=O)NCCc2ccc(Oc3ccccc3)cc2)s1. The lowest BCUT2D eigenvalue weighted by Crippen LogP contribution is -2.28. The molecule has 0 amide bonds. The number of carboxylic acids is 1. The molecule has 0 aliphatic heterocycles. The third-order valence-corrected chi connectivity index (χ3v) is 8.93. The average Bonchev–Trinajstić information content (AvgIpc) is 3.39. The van der Waals surface area contributed by atoms with E-state index >= 15 is 0 Å². The second-order valence-corrected chi connectivity index (χ2v) is 12.3. The van der Waals surface area contributed by atoms with Crippen LogP contribution in [-0.4, -0.2) is 37.5 Å². The molecule has 4 aromatic rings. The lowest BCUT2D eigenvalue weighted by Gasteiger charge is -2.20. The van der Waals surface area contributed by atoms with Gasteiger partial charge in [0, 0.05) is 24.5 Å². The van der Waals surface area contributed by atoms with Crippen LogP contribution in [0.3, 0.4) is 0 Å². The summed E-state index contributed by atoms with van der Waals surface area (Å²) in [5.74, 6) is 0.226. The Morgan fingerprint density at radius 1 is 0.878 bits per heavy atom. The summed E-state index contributed by atoms with van der Waals surface area (Å²) in [6.07, 6.45) is -4.07. The van der Waals surface area contributed by atoms with Gasteiger partial charge in [0.15, 0.2) is 0 Å². The van der Waals surface area contributed by atoms with Gasteiger partial charge in [0.05, 0.1) is 12.1 Å². The molecule has 2 N–H and O–H groups in total. The largest absolute Gasteiger partial charge is 0.480 e. The quantitative estimate of drug-likeness (QED) is 0.190. The van der Waals surface area contributed by atoms with E-state index in [-0.39, 0.29) is 23.8 Å². The fraction of sp³-hybridized carbons (Fsp3) is 0.207. The molecule has 0 bridgehead atoms. The molecule has 1 aromatic heterocycles. The Bertz CT molecular complexity index is 1560. The highest BCUT2D eigenvalue weighted by molar-refractivity contribution is 7.91. The van der Waals surface area contributed by atoms with Crippen LogP contribution in [0.4, 0.5) is 13.2 Å².